The number of fused-ring (bicyclic) bond motifs is 1. The topological polar surface area (TPSA) is 70.0 Å². The summed E-state index contributed by atoms with van der Waals surface area (Å²) in [5, 5.41) is 9.07. The molecule has 5 rings (SSSR count). The van der Waals surface area contributed by atoms with Gasteiger partial charge in [0.2, 0.25) is 0 Å². The Kier molecular flexibility index (Phi) is 9.31. The number of hydrogen-bond acceptors (Lipinski definition) is 7. The number of aromatic nitrogens is 2. The molecule has 4 aromatic rings. The maximum Gasteiger partial charge on any atom is 0.416 e. The number of ether oxygens (including phenoxy) is 4. The Balaban J connectivity index is 1.57. The first-order valence-electron chi connectivity index (χ1n) is 14.2. The van der Waals surface area contributed by atoms with Crippen molar-refractivity contribution < 1.29 is 32.1 Å². The van der Waals surface area contributed by atoms with Crippen LogP contribution in [0.15, 0.2) is 54.7 Å². The van der Waals surface area contributed by atoms with Gasteiger partial charge < -0.3 is 24.3 Å². The van der Waals surface area contributed by atoms with Gasteiger partial charge in [-0.15, -0.1) is 0 Å². The summed E-state index contributed by atoms with van der Waals surface area (Å²) in [6.07, 6.45) is -1.51. The Labute approximate surface area is 249 Å². The maximum absolute atomic E-state index is 13.4. The molecule has 2 heterocycles. The van der Waals surface area contributed by atoms with Crippen molar-refractivity contribution in [2.24, 2.45) is 0 Å². The van der Waals surface area contributed by atoms with Gasteiger partial charge in [-0.2, -0.15) is 18.3 Å². The number of benzene rings is 3. The lowest BCUT2D eigenvalue weighted by atomic mass is 9.92. The third kappa shape index (κ3) is 6.52. The highest BCUT2D eigenvalue weighted by atomic mass is 19.4. The molecule has 1 fully saturated rings. The van der Waals surface area contributed by atoms with Gasteiger partial charge in [0.15, 0.2) is 23.0 Å². The Morgan fingerprint density at radius 2 is 1.60 bits per heavy atom. The Morgan fingerprint density at radius 3 is 2.28 bits per heavy atom. The standard InChI is InChI=1S/C32H37F3N4O4/c1-40-27-11-9-22(17-28(27)41-2)20-39-26-18-29(42-3)31(43-4)30(24(26)19-37-39)25(38-14-12-36-13-15-38)10-8-21-6-5-7-23(16-21)32(33,34)35/h5-7,9,11,16-19,25,36H,8,10,12-15,20H2,1-4H3. The number of nitrogens with zero attached hydrogens (tertiary/aromatic N) is 3. The van der Waals surface area contributed by atoms with Gasteiger partial charge in [-0.25, -0.2) is 0 Å². The van der Waals surface area contributed by atoms with Crippen molar-refractivity contribution in [3.8, 4) is 23.0 Å². The molecule has 0 bridgehead atoms. The summed E-state index contributed by atoms with van der Waals surface area (Å²) in [4.78, 5) is 2.37. The molecule has 0 radical (unpaired) electrons. The highest BCUT2D eigenvalue weighted by molar-refractivity contribution is 5.88. The van der Waals surface area contributed by atoms with Gasteiger partial charge in [0, 0.05) is 49.2 Å². The average molecular weight is 599 g/mol. The van der Waals surface area contributed by atoms with Crippen LogP contribution in [0.25, 0.3) is 10.9 Å². The lowest BCUT2D eigenvalue weighted by molar-refractivity contribution is -0.137. The molecular formula is C32H37F3N4O4. The fourth-order valence-electron chi connectivity index (χ4n) is 5.88. The number of rotatable bonds is 11. The van der Waals surface area contributed by atoms with Crippen LogP contribution in [0.4, 0.5) is 13.2 Å². The van der Waals surface area contributed by atoms with Crippen LogP contribution in [0.2, 0.25) is 0 Å². The van der Waals surface area contributed by atoms with E-state index in [1.165, 1.54) is 12.1 Å². The molecule has 1 unspecified atom stereocenters. The molecule has 1 aromatic heterocycles. The maximum atomic E-state index is 13.4. The molecule has 1 aliphatic rings. The monoisotopic (exact) mass is 598 g/mol. The molecule has 1 aliphatic heterocycles. The minimum absolute atomic E-state index is 0.150. The Hall–Kier alpha value is -3.96. The van der Waals surface area contributed by atoms with Crippen LogP contribution in [-0.4, -0.2) is 69.3 Å². The van der Waals surface area contributed by atoms with Crippen LogP contribution in [0.1, 0.15) is 34.7 Å². The molecule has 1 atom stereocenters. The third-order valence-corrected chi connectivity index (χ3v) is 8.00. The predicted molar refractivity (Wildman–Crippen MR) is 158 cm³/mol. The van der Waals surface area contributed by atoms with E-state index in [0.29, 0.717) is 47.9 Å². The molecule has 0 saturated carbocycles. The Morgan fingerprint density at radius 1 is 0.860 bits per heavy atom. The smallest absolute Gasteiger partial charge is 0.416 e. The summed E-state index contributed by atoms with van der Waals surface area (Å²) in [5.41, 5.74) is 2.76. The van der Waals surface area contributed by atoms with Crippen molar-refractivity contribution >= 4 is 10.9 Å². The zero-order valence-corrected chi connectivity index (χ0v) is 24.8. The van der Waals surface area contributed by atoms with Crippen LogP contribution in [0, 0.1) is 0 Å². The number of hydrogen-bond donors (Lipinski definition) is 1. The van der Waals surface area contributed by atoms with Gasteiger partial charge in [-0.1, -0.05) is 24.3 Å². The number of aryl methyl sites for hydroxylation is 1. The van der Waals surface area contributed by atoms with Crippen molar-refractivity contribution in [2.75, 3.05) is 54.6 Å². The summed E-state index contributed by atoms with van der Waals surface area (Å²) in [6, 6.07) is 13.1. The van der Waals surface area contributed by atoms with Crippen LogP contribution in [0.3, 0.4) is 0 Å². The summed E-state index contributed by atoms with van der Waals surface area (Å²) in [7, 11) is 6.42. The highest BCUT2D eigenvalue weighted by Crippen LogP contribution is 2.44. The Bertz CT molecular complexity index is 1550. The number of halogens is 3. The number of piperazine rings is 1. The van der Waals surface area contributed by atoms with Crippen molar-refractivity contribution in [1.29, 1.82) is 0 Å². The van der Waals surface area contributed by atoms with E-state index in [4.69, 9.17) is 24.0 Å². The van der Waals surface area contributed by atoms with E-state index in [2.05, 4.69) is 10.2 Å². The molecule has 8 nitrogen and oxygen atoms in total. The number of nitrogens with one attached hydrogen (secondary N) is 1. The molecular weight excluding hydrogens is 561 g/mol. The number of alkyl halides is 3. The van der Waals surface area contributed by atoms with Gasteiger partial charge in [0.25, 0.3) is 0 Å². The van der Waals surface area contributed by atoms with E-state index in [1.54, 1.807) is 34.5 Å². The molecule has 230 valence electrons. The fourth-order valence-corrected chi connectivity index (χ4v) is 5.88. The molecule has 3 aromatic carbocycles. The minimum Gasteiger partial charge on any atom is -0.493 e. The normalized spacial score (nSPS) is 15.0. The largest absolute Gasteiger partial charge is 0.493 e. The second-order valence-electron chi connectivity index (χ2n) is 10.5. The van der Waals surface area contributed by atoms with E-state index in [9.17, 15) is 13.2 Å². The van der Waals surface area contributed by atoms with Gasteiger partial charge in [0.05, 0.1) is 52.3 Å². The van der Waals surface area contributed by atoms with Crippen LogP contribution in [0.5, 0.6) is 23.0 Å². The zero-order valence-electron chi connectivity index (χ0n) is 24.8. The van der Waals surface area contributed by atoms with E-state index < -0.39 is 11.7 Å². The van der Waals surface area contributed by atoms with E-state index >= 15 is 0 Å². The first-order chi connectivity index (χ1) is 20.8. The van der Waals surface area contributed by atoms with Crippen molar-refractivity contribution in [1.82, 2.24) is 20.0 Å². The molecule has 1 saturated heterocycles. The predicted octanol–water partition coefficient (Wildman–Crippen LogP) is 5.72. The van der Waals surface area contributed by atoms with Crippen molar-refractivity contribution in [3.05, 3.63) is 77.0 Å². The van der Waals surface area contributed by atoms with Gasteiger partial charge >= 0.3 is 6.18 Å². The van der Waals surface area contributed by atoms with Crippen LogP contribution in [-0.2, 0) is 19.1 Å². The number of methoxy groups -OCH3 is 4. The quantitative estimate of drug-likeness (QED) is 0.237. The second kappa shape index (κ2) is 13.1. The van der Waals surface area contributed by atoms with Crippen molar-refractivity contribution in [2.45, 2.75) is 31.6 Å². The molecule has 11 heteroatoms. The lowest BCUT2D eigenvalue weighted by Crippen LogP contribution is -2.45. The highest BCUT2D eigenvalue weighted by Gasteiger charge is 2.32. The van der Waals surface area contributed by atoms with E-state index in [1.807, 2.05) is 35.1 Å². The van der Waals surface area contributed by atoms with Crippen molar-refractivity contribution in [3.63, 3.8) is 0 Å². The molecule has 43 heavy (non-hydrogen) atoms. The molecule has 1 N–H and O–H groups in total. The van der Waals surface area contributed by atoms with Gasteiger partial charge in [0.1, 0.15) is 0 Å². The van der Waals surface area contributed by atoms with E-state index in [-0.39, 0.29) is 6.04 Å². The first-order valence-corrected chi connectivity index (χ1v) is 14.2. The van der Waals surface area contributed by atoms with E-state index in [0.717, 1.165) is 54.3 Å². The first kappa shape index (κ1) is 30.5. The molecule has 0 amide bonds. The summed E-state index contributed by atoms with van der Waals surface area (Å²) < 4.78 is 64.9. The lowest BCUT2D eigenvalue weighted by Gasteiger charge is -2.36. The molecule has 0 aliphatic carbocycles. The zero-order chi connectivity index (χ0) is 30.6. The average Bonchev–Trinajstić information content (AvgIpc) is 3.42. The van der Waals surface area contributed by atoms with Crippen LogP contribution >= 0.6 is 0 Å². The SMILES string of the molecule is COc1ccc(Cn2ncc3c(C(CCc4cccc(C(F)(F)F)c4)N4CCNCC4)c(OC)c(OC)cc32)cc1OC. The van der Waals surface area contributed by atoms with Gasteiger partial charge in [-0.05, 0) is 42.2 Å². The van der Waals surface area contributed by atoms with Gasteiger partial charge in [-0.3, -0.25) is 9.58 Å². The summed E-state index contributed by atoms with van der Waals surface area (Å²) >= 11 is 0. The van der Waals surface area contributed by atoms with Crippen LogP contribution < -0.4 is 24.3 Å². The third-order valence-electron chi connectivity index (χ3n) is 8.00. The summed E-state index contributed by atoms with van der Waals surface area (Å²) in [6.45, 7) is 3.67. The summed E-state index contributed by atoms with van der Waals surface area (Å²) in [5.74, 6) is 2.45. The minimum atomic E-state index is -4.39. The fraction of sp³-hybridized carbons (Fsp3) is 0.406. The molecule has 0 spiro atoms. The second-order valence-corrected chi connectivity index (χ2v) is 10.5.